The van der Waals surface area contributed by atoms with E-state index in [1.165, 1.54) is 11.3 Å². The molecule has 5 nitrogen and oxygen atoms in total. The Balaban J connectivity index is 2.54. The Morgan fingerprint density at radius 3 is 2.85 bits per heavy atom. The van der Waals surface area contributed by atoms with Crippen LogP contribution in [0.1, 0.15) is 18.4 Å². The van der Waals surface area contributed by atoms with Crippen molar-refractivity contribution in [3.8, 4) is 0 Å². The maximum absolute atomic E-state index is 11.3. The van der Waals surface area contributed by atoms with Gasteiger partial charge in [-0.05, 0) is 13.3 Å². The monoisotopic (exact) mass is 200 g/mol. The second-order valence-electron chi connectivity index (χ2n) is 2.63. The van der Waals surface area contributed by atoms with Crippen LogP contribution in [0.4, 0.5) is 5.13 Å². The van der Waals surface area contributed by atoms with Crippen molar-refractivity contribution in [2.75, 3.05) is 5.32 Å². The van der Waals surface area contributed by atoms with E-state index in [-0.39, 0.29) is 5.91 Å². The number of aromatic nitrogens is 2. The number of anilines is 1. The number of carbonyl (C=O) groups is 1. The highest BCUT2D eigenvalue weighted by molar-refractivity contribution is 7.15. The summed E-state index contributed by atoms with van der Waals surface area (Å²) in [5.74, 6) is -0.210. The number of nitrogens with two attached hydrogens (primary N) is 1. The van der Waals surface area contributed by atoms with E-state index in [1.54, 1.807) is 0 Å². The molecule has 6 heteroatoms. The van der Waals surface area contributed by atoms with Gasteiger partial charge in [0, 0.05) is 0 Å². The highest BCUT2D eigenvalue weighted by Crippen LogP contribution is 2.13. The van der Waals surface area contributed by atoms with E-state index in [1.807, 2.05) is 13.8 Å². The number of rotatable bonds is 3. The standard InChI is InChI=1S/C7H12N4OS/c1-3-5(8)6(12)9-7-11-10-4(2)13-7/h5H,3,8H2,1-2H3,(H,9,11,12)/t5-/m0/s1. The quantitative estimate of drug-likeness (QED) is 0.745. The number of hydrogen-bond donors (Lipinski definition) is 2. The fraction of sp³-hybridized carbons (Fsp3) is 0.571. The zero-order valence-electron chi connectivity index (χ0n) is 7.57. The average Bonchev–Trinajstić information content (AvgIpc) is 2.49. The van der Waals surface area contributed by atoms with Gasteiger partial charge in [-0.3, -0.25) is 10.1 Å². The van der Waals surface area contributed by atoms with Crippen LogP contribution < -0.4 is 11.1 Å². The maximum Gasteiger partial charge on any atom is 0.243 e. The largest absolute Gasteiger partial charge is 0.320 e. The van der Waals surface area contributed by atoms with Crippen molar-refractivity contribution in [3.63, 3.8) is 0 Å². The van der Waals surface area contributed by atoms with E-state index in [0.717, 1.165) is 5.01 Å². The van der Waals surface area contributed by atoms with Crippen molar-refractivity contribution in [1.29, 1.82) is 0 Å². The van der Waals surface area contributed by atoms with Crippen LogP contribution in [0.5, 0.6) is 0 Å². The number of carbonyl (C=O) groups excluding carboxylic acids is 1. The van der Waals surface area contributed by atoms with Crippen LogP contribution in [-0.4, -0.2) is 22.1 Å². The summed E-state index contributed by atoms with van der Waals surface area (Å²) in [5.41, 5.74) is 5.52. The molecule has 72 valence electrons. The summed E-state index contributed by atoms with van der Waals surface area (Å²) in [6, 6.07) is -0.468. The van der Waals surface area contributed by atoms with Gasteiger partial charge in [-0.25, -0.2) is 0 Å². The number of nitrogens with one attached hydrogen (secondary N) is 1. The second kappa shape index (κ2) is 4.29. The molecule has 0 aliphatic carbocycles. The summed E-state index contributed by atoms with van der Waals surface area (Å²) in [7, 11) is 0. The molecule has 1 rings (SSSR count). The van der Waals surface area contributed by atoms with Crippen molar-refractivity contribution in [1.82, 2.24) is 10.2 Å². The number of nitrogens with zero attached hydrogens (tertiary/aromatic N) is 2. The highest BCUT2D eigenvalue weighted by Gasteiger charge is 2.12. The molecule has 0 radical (unpaired) electrons. The van der Waals surface area contributed by atoms with Gasteiger partial charge in [0.15, 0.2) is 0 Å². The minimum atomic E-state index is -0.468. The molecule has 1 amide bonds. The van der Waals surface area contributed by atoms with Gasteiger partial charge in [-0.1, -0.05) is 18.3 Å². The lowest BCUT2D eigenvalue weighted by Crippen LogP contribution is -2.34. The Morgan fingerprint density at radius 2 is 2.38 bits per heavy atom. The molecule has 3 N–H and O–H groups in total. The summed E-state index contributed by atoms with van der Waals surface area (Å²) in [5, 5.41) is 11.4. The van der Waals surface area contributed by atoms with Crippen LogP contribution >= 0.6 is 11.3 Å². The molecule has 1 aromatic heterocycles. The summed E-state index contributed by atoms with van der Waals surface area (Å²) in [6.07, 6.45) is 0.615. The van der Waals surface area contributed by atoms with Gasteiger partial charge < -0.3 is 5.73 Å². The summed E-state index contributed by atoms with van der Waals surface area (Å²) < 4.78 is 0. The smallest absolute Gasteiger partial charge is 0.243 e. The average molecular weight is 200 g/mol. The molecule has 1 aromatic rings. The molecule has 0 aliphatic rings. The fourth-order valence-electron chi connectivity index (χ4n) is 0.731. The molecule has 0 fully saturated rings. The van der Waals surface area contributed by atoms with Crippen LogP contribution in [0.25, 0.3) is 0 Å². The Morgan fingerprint density at radius 1 is 1.69 bits per heavy atom. The molecule has 0 saturated carbocycles. The van der Waals surface area contributed by atoms with Crippen LogP contribution in [0.3, 0.4) is 0 Å². The van der Waals surface area contributed by atoms with Gasteiger partial charge in [0.2, 0.25) is 11.0 Å². The first-order chi connectivity index (χ1) is 6.13. The second-order valence-corrected chi connectivity index (χ2v) is 3.81. The third-order valence-electron chi connectivity index (χ3n) is 1.53. The van der Waals surface area contributed by atoms with Gasteiger partial charge in [-0.15, -0.1) is 10.2 Å². The molecule has 0 spiro atoms. The van der Waals surface area contributed by atoms with Gasteiger partial charge in [-0.2, -0.15) is 0 Å². The lowest BCUT2D eigenvalue weighted by molar-refractivity contribution is -0.117. The first-order valence-corrected chi connectivity index (χ1v) is 4.81. The minimum Gasteiger partial charge on any atom is -0.320 e. The van der Waals surface area contributed by atoms with Gasteiger partial charge in [0.05, 0.1) is 6.04 Å². The van der Waals surface area contributed by atoms with Gasteiger partial charge >= 0.3 is 0 Å². The number of hydrogen-bond acceptors (Lipinski definition) is 5. The van der Waals surface area contributed by atoms with E-state index in [2.05, 4.69) is 15.5 Å². The van der Waals surface area contributed by atoms with Crippen molar-refractivity contribution >= 4 is 22.4 Å². The maximum atomic E-state index is 11.3. The normalized spacial score (nSPS) is 12.5. The van der Waals surface area contributed by atoms with Crippen LogP contribution in [0.15, 0.2) is 0 Å². The first kappa shape index (κ1) is 10.1. The van der Waals surface area contributed by atoms with Gasteiger partial charge in [0.25, 0.3) is 0 Å². The number of aryl methyl sites for hydroxylation is 1. The van der Waals surface area contributed by atoms with Crippen LogP contribution in [-0.2, 0) is 4.79 Å². The lowest BCUT2D eigenvalue weighted by atomic mass is 10.2. The summed E-state index contributed by atoms with van der Waals surface area (Å²) >= 11 is 1.33. The van der Waals surface area contributed by atoms with Crippen molar-refractivity contribution in [2.45, 2.75) is 26.3 Å². The topological polar surface area (TPSA) is 80.9 Å². The Labute approximate surface area is 80.4 Å². The van der Waals surface area contributed by atoms with Crippen LogP contribution in [0, 0.1) is 6.92 Å². The first-order valence-electron chi connectivity index (χ1n) is 4.00. The molecular formula is C7H12N4OS. The Hall–Kier alpha value is -1.01. The Bertz CT molecular complexity index is 298. The zero-order valence-corrected chi connectivity index (χ0v) is 8.39. The summed E-state index contributed by atoms with van der Waals surface area (Å²) in [4.78, 5) is 11.3. The zero-order chi connectivity index (χ0) is 9.84. The van der Waals surface area contributed by atoms with E-state index < -0.39 is 6.04 Å². The molecule has 1 atom stereocenters. The van der Waals surface area contributed by atoms with Crippen LogP contribution in [0.2, 0.25) is 0 Å². The lowest BCUT2D eigenvalue weighted by Gasteiger charge is -2.06. The molecule has 0 saturated heterocycles. The molecule has 0 aromatic carbocycles. The summed E-state index contributed by atoms with van der Waals surface area (Å²) in [6.45, 7) is 3.68. The van der Waals surface area contributed by atoms with E-state index in [9.17, 15) is 4.79 Å². The third-order valence-corrected chi connectivity index (χ3v) is 2.29. The van der Waals surface area contributed by atoms with Gasteiger partial charge in [0.1, 0.15) is 5.01 Å². The molecule has 1 heterocycles. The minimum absolute atomic E-state index is 0.210. The third kappa shape index (κ3) is 2.74. The Kier molecular flexibility index (Phi) is 3.32. The van der Waals surface area contributed by atoms with E-state index in [0.29, 0.717) is 11.6 Å². The SMILES string of the molecule is CC[C@H](N)C(=O)Nc1nnc(C)s1. The van der Waals surface area contributed by atoms with Crippen molar-refractivity contribution < 1.29 is 4.79 Å². The van der Waals surface area contributed by atoms with Crippen molar-refractivity contribution in [2.24, 2.45) is 5.73 Å². The predicted molar refractivity (Wildman–Crippen MR) is 51.5 cm³/mol. The molecule has 0 unspecified atom stereocenters. The molecule has 0 aliphatic heterocycles. The van der Waals surface area contributed by atoms with E-state index >= 15 is 0 Å². The molecule has 13 heavy (non-hydrogen) atoms. The number of amides is 1. The fourth-order valence-corrected chi connectivity index (χ4v) is 1.33. The molecule has 0 bridgehead atoms. The predicted octanol–water partition coefficient (Wildman–Crippen LogP) is 0.522. The highest BCUT2D eigenvalue weighted by atomic mass is 32.1. The molecular weight excluding hydrogens is 188 g/mol. The van der Waals surface area contributed by atoms with Crippen molar-refractivity contribution in [3.05, 3.63) is 5.01 Å². The van der Waals surface area contributed by atoms with E-state index in [4.69, 9.17) is 5.73 Å².